The zero-order valence-electron chi connectivity index (χ0n) is 11.0. The van der Waals surface area contributed by atoms with E-state index in [2.05, 4.69) is 25.9 Å². The molecule has 9 nitrogen and oxygen atoms in total. The molecular weight excluding hydrogens is 278 g/mol. The van der Waals surface area contributed by atoms with Gasteiger partial charge in [-0.15, -0.1) is 10.2 Å². The third-order valence-corrected chi connectivity index (χ3v) is 2.79. The van der Waals surface area contributed by atoms with E-state index >= 15 is 0 Å². The molecule has 1 heterocycles. The maximum Gasteiger partial charge on any atom is 0.328 e. The number of carbonyl (C=O) groups is 2. The van der Waals surface area contributed by atoms with E-state index in [-0.39, 0.29) is 5.56 Å². The molecule has 0 saturated heterocycles. The van der Waals surface area contributed by atoms with E-state index in [1.54, 1.807) is 12.1 Å². The summed E-state index contributed by atoms with van der Waals surface area (Å²) < 4.78 is 0. The van der Waals surface area contributed by atoms with Gasteiger partial charge in [-0.25, -0.2) is 4.79 Å². The molecule has 0 bridgehead atoms. The van der Waals surface area contributed by atoms with Crippen LogP contribution in [0.25, 0.3) is 11.4 Å². The molecule has 0 fully saturated rings. The van der Waals surface area contributed by atoms with Crippen LogP contribution >= 0.6 is 0 Å². The predicted octanol–water partition coefficient (Wildman–Crippen LogP) is -0.570. The molecule has 4 N–H and O–H groups in total. The number of aromatic nitrogens is 4. The van der Waals surface area contributed by atoms with Crippen LogP contribution in [0, 0.1) is 0 Å². The molecule has 21 heavy (non-hydrogen) atoms. The minimum atomic E-state index is -1.37. The van der Waals surface area contributed by atoms with Crippen molar-refractivity contribution in [1.82, 2.24) is 25.9 Å². The zero-order valence-corrected chi connectivity index (χ0v) is 11.0. The van der Waals surface area contributed by atoms with Crippen LogP contribution in [0.5, 0.6) is 0 Å². The van der Waals surface area contributed by atoms with E-state index in [0.717, 1.165) is 0 Å². The minimum absolute atomic E-state index is 0.258. The normalized spacial score (nSPS) is 13.4. The molecule has 2 rings (SSSR count). The number of nitrogens with zero attached hydrogens (tertiary/aromatic N) is 3. The van der Waals surface area contributed by atoms with E-state index in [1.165, 1.54) is 19.1 Å². The Bertz CT molecular complexity index is 624. The van der Waals surface area contributed by atoms with Gasteiger partial charge in [0.05, 0.1) is 6.10 Å². The number of H-pyrrole nitrogens is 1. The van der Waals surface area contributed by atoms with Crippen molar-refractivity contribution in [3.63, 3.8) is 0 Å². The number of benzene rings is 1. The minimum Gasteiger partial charge on any atom is -0.480 e. The predicted molar refractivity (Wildman–Crippen MR) is 70.2 cm³/mol. The number of rotatable bonds is 5. The highest BCUT2D eigenvalue weighted by molar-refractivity contribution is 5.97. The molecule has 0 aliphatic heterocycles. The number of amides is 1. The number of aliphatic hydroxyl groups excluding tert-OH is 1. The van der Waals surface area contributed by atoms with Gasteiger partial charge in [-0.2, -0.15) is 5.21 Å². The number of aliphatic hydroxyl groups is 1. The largest absolute Gasteiger partial charge is 0.480 e. The number of nitrogens with one attached hydrogen (secondary N) is 2. The highest BCUT2D eigenvalue weighted by atomic mass is 16.4. The Balaban J connectivity index is 2.11. The third kappa shape index (κ3) is 3.39. The van der Waals surface area contributed by atoms with Gasteiger partial charge < -0.3 is 15.5 Å². The molecule has 0 radical (unpaired) electrons. The lowest BCUT2D eigenvalue weighted by Gasteiger charge is -2.17. The van der Waals surface area contributed by atoms with Crippen LogP contribution in [0.3, 0.4) is 0 Å². The summed E-state index contributed by atoms with van der Waals surface area (Å²) in [6, 6.07) is 4.86. The number of carboxylic acids is 1. The van der Waals surface area contributed by atoms with E-state index in [1.807, 2.05) is 0 Å². The van der Waals surface area contributed by atoms with Gasteiger partial charge in [0.2, 0.25) is 5.82 Å². The maximum atomic E-state index is 11.9. The monoisotopic (exact) mass is 291 g/mol. The topological polar surface area (TPSA) is 141 Å². The fourth-order valence-corrected chi connectivity index (χ4v) is 1.67. The summed E-state index contributed by atoms with van der Waals surface area (Å²) in [5.41, 5.74) is 0.916. The molecule has 0 spiro atoms. The molecule has 1 aromatic carbocycles. The summed E-state index contributed by atoms with van der Waals surface area (Å²) in [5, 5.41) is 33.8. The van der Waals surface area contributed by atoms with Crippen molar-refractivity contribution >= 4 is 11.9 Å². The van der Waals surface area contributed by atoms with Gasteiger partial charge in [0.15, 0.2) is 6.04 Å². The fraction of sp³-hybridized carbons (Fsp3) is 0.250. The van der Waals surface area contributed by atoms with Crippen LogP contribution in [-0.4, -0.2) is 54.9 Å². The molecular formula is C12H13N5O4. The fourth-order valence-electron chi connectivity index (χ4n) is 1.67. The molecule has 110 valence electrons. The Morgan fingerprint density at radius 3 is 2.43 bits per heavy atom. The highest BCUT2D eigenvalue weighted by Crippen LogP contribution is 2.14. The number of aliphatic carboxylic acids is 1. The van der Waals surface area contributed by atoms with Gasteiger partial charge >= 0.3 is 5.97 Å². The molecule has 2 atom stereocenters. The Kier molecular flexibility index (Phi) is 4.24. The van der Waals surface area contributed by atoms with E-state index < -0.39 is 24.0 Å². The van der Waals surface area contributed by atoms with E-state index in [4.69, 9.17) is 5.11 Å². The smallest absolute Gasteiger partial charge is 0.328 e. The molecule has 0 unspecified atom stereocenters. The lowest BCUT2D eigenvalue weighted by Crippen LogP contribution is -2.47. The van der Waals surface area contributed by atoms with Crippen LogP contribution in [-0.2, 0) is 4.79 Å². The highest BCUT2D eigenvalue weighted by Gasteiger charge is 2.25. The third-order valence-electron chi connectivity index (χ3n) is 2.79. The molecule has 0 aliphatic carbocycles. The quantitative estimate of drug-likeness (QED) is 0.578. The molecule has 1 aromatic heterocycles. The summed E-state index contributed by atoms with van der Waals surface area (Å²) in [7, 11) is 0. The average molecular weight is 291 g/mol. The number of tetrazole rings is 1. The lowest BCUT2D eigenvalue weighted by atomic mass is 10.1. The number of carbonyl (C=O) groups excluding carboxylic acids is 1. The first-order chi connectivity index (χ1) is 9.99. The first-order valence-corrected chi connectivity index (χ1v) is 6.04. The average Bonchev–Trinajstić information content (AvgIpc) is 2.98. The van der Waals surface area contributed by atoms with Crippen LogP contribution in [0.4, 0.5) is 0 Å². The van der Waals surface area contributed by atoms with Crippen molar-refractivity contribution in [2.45, 2.75) is 19.1 Å². The first-order valence-electron chi connectivity index (χ1n) is 6.04. The maximum absolute atomic E-state index is 11.9. The summed E-state index contributed by atoms with van der Waals surface area (Å²) in [6.07, 6.45) is -1.20. The summed E-state index contributed by atoms with van der Waals surface area (Å²) in [4.78, 5) is 22.8. The van der Waals surface area contributed by atoms with Crippen molar-refractivity contribution in [3.05, 3.63) is 29.8 Å². The van der Waals surface area contributed by atoms with Crippen molar-refractivity contribution in [3.8, 4) is 11.4 Å². The molecule has 9 heteroatoms. The number of carboxylic acid groups (broad SMARTS) is 1. The SMILES string of the molecule is C[C@@H](O)[C@H](NC(=O)c1ccc(-c2nn[nH]n2)cc1)C(=O)O. The Morgan fingerprint density at radius 2 is 1.95 bits per heavy atom. The molecule has 2 aromatic rings. The van der Waals surface area contributed by atoms with Gasteiger partial charge in [-0.1, -0.05) is 12.1 Å². The number of hydrogen-bond acceptors (Lipinski definition) is 6. The summed E-state index contributed by atoms with van der Waals surface area (Å²) in [5.74, 6) is -1.51. The second-order valence-electron chi connectivity index (χ2n) is 4.34. The van der Waals surface area contributed by atoms with Gasteiger partial charge in [0, 0.05) is 11.1 Å². The van der Waals surface area contributed by atoms with Crippen LogP contribution in [0.1, 0.15) is 17.3 Å². The van der Waals surface area contributed by atoms with Crippen molar-refractivity contribution in [1.29, 1.82) is 0 Å². The second kappa shape index (κ2) is 6.09. The Hall–Kier alpha value is -2.81. The van der Waals surface area contributed by atoms with Crippen LogP contribution in [0.15, 0.2) is 24.3 Å². The van der Waals surface area contributed by atoms with E-state index in [0.29, 0.717) is 11.4 Å². The standard InChI is InChI=1S/C12H13N5O4/c1-6(18)9(12(20)21)13-11(19)8-4-2-7(3-5-8)10-14-16-17-15-10/h2-6,9,18H,1H3,(H,13,19)(H,20,21)(H,14,15,16,17)/t6-,9+/m1/s1. The summed E-state index contributed by atoms with van der Waals surface area (Å²) >= 11 is 0. The van der Waals surface area contributed by atoms with Gasteiger partial charge in [0.25, 0.3) is 5.91 Å². The van der Waals surface area contributed by atoms with Crippen LogP contribution < -0.4 is 5.32 Å². The Morgan fingerprint density at radius 1 is 1.29 bits per heavy atom. The van der Waals surface area contributed by atoms with Gasteiger partial charge in [0.1, 0.15) is 0 Å². The van der Waals surface area contributed by atoms with E-state index in [9.17, 15) is 14.7 Å². The molecule has 1 amide bonds. The lowest BCUT2D eigenvalue weighted by molar-refractivity contribution is -0.141. The van der Waals surface area contributed by atoms with Gasteiger partial charge in [-0.3, -0.25) is 4.79 Å². The van der Waals surface area contributed by atoms with Crippen molar-refractivity contribution < 1.29 is 19.8 Å². The van der Waals surface area contributed by atoms with Crippen molar-refractivity contribution in [2.24, 2.45) is 0 Å². The van der Waals surface area contributed by atoms with Crippen LogP contribution in [0.2, 0.25) is 0 Å². The molecule has 0 aliphatic rings. The number of aromatic amines is 1. The zero-order chi connectivity index (χ0) is 15.4. The molecule has 0 saturated carbocycles. The summed E-state index contributed by atoms with van der Waals surface area (Å²) in [6.45, 7) is 1.29. The number of hydrogen-bond donors (Lipinski definition) is 4. The van der Waals surface area contributed by atoms with Gasteiger partial charge in [-0.05, 0) is 24.3 Å². The second-order valence-corrected chi connectivity index (χ2v) is 4.34. The first kappa shape index (κ1) is 14.6. The van der Waals surface area contributed by atoms with Crippen molar-refractivity contribution in [2.75, 3.05) is 0 Å². The Labute approximate surface area is 119 Å².